The Morgan fingerprint density at radius 1 is 1.29 bits per heavy atom. The van der Waals surface area contributed by atoms with Gasteiger partial charge in [-0.05, 0) is 12.8 Å². The molecular weight excluding hydrogens is 232 g/mol. The Labute approximate surface area is 98.9 Å². The molecule has 0 spiro atoms. The van der Waals surface area contributed by atoms with E-state index in [0.717, 1.165) is 0 Å². The first-order valence-electron chi connectivity index (χ1n) is 5.60. The zero-order chi connectivity index (χ0) is 13.1. The average molecular weight is 252 g/mol. The predicted molar refractivity (Wildman–Crippen MR) is 55.9 cm³/mol. The SMILES string of the molecule is OCCCC(O)CC1(O)OC[C@@H](O)[C@H](O)[C@H]1O. The molecule has 6 N–H and O–H groups in total. The van der Waals surface area contributed by atoms with Crippen LogP contribution in [0.3, 0.4) is 0 Å². The fourth-order valence-corrected chi connectivity index (χ4v) is 1.84. The minimum absolute atomic E-state index is 0.0831. The molecule has 1 aliphatic rings. The van der Waals surface area contributed by atoms with E-state index in [-0.39, 0.29) is 26.1 Å². The molecule has 1 saturated heterocycles. The van der Waals surface area contributed by atoms with Crippen molar-refractivity contribution in [3.05, 3.63) is 0 Å². The lowest BCUT2D eigenvalue weighted by Crippen LogP contribution is -2.61. The van der Waals surface area contributed by atoms with Crippen molar-refractivity contribution in [3.63, 3.8) is 0 Å². The highest BCUT2D eigenvalue weighted by atomic mass is 16.6. The Hall–Kier alpha value is -0.280. The fraction of sp³-hybridized carbons (Fsp3) is 1.00. The van der Waals surface area contributed by atoms with Gasteiger partial charge in [0, 0.05) is 13.0 Å². The summed E-state index contributed by atoms with van der Waals surface area (Å²) in [6.45, 7) is -0.401. The zero-order valence-corrected chi connectivity index (χ0v) is 9.44. The molecule has 1 rings (SSSR count). The number of aliphatic hydroxyl groups is 6. The largest absolute Gasteiger partial charge is 0.396 e. The van der Waals surface area contributed by atoms with E-state index < -0.39 is 30.2 Å². The molecule has 1 heterocycles. The van der Waals surface area contributed by atoms with Crippen molar-refractivity contribution in [3.8, 4) is 0 Å². The van der Waals surface area contributed by atoms with Crippen LogP contribution < -0.4 is 0 Å². The number of hydrogen-bond donors (Lipinski definition) is 6. The second-order valence-electron chi connectivity index (χ2n) is 4.38. The Bertz CT molecular complexity index is 237. The third-order valence-electron chi connectivity index (χ3n) is 2.91. The number of hydrogen-bond acceptors (Lipinski definition) is 7. The highest BCUT2D eigenvalue weighted by Crippen LogP contribution is 2.28. The molecule has 5 atom stereocenters. The molecule has 0 saturated carbocycles. The first-order chi connectivity index (χ1) is 7.90. The Balaban J connectivity index is 2.55. The lowest BCUT2D eigenvalue weighted by Gasteiger charge is -2.42. The molecule has 17 heavy (non-hydrogen) atoms. The van der Waals surface area contributed by atoms with Crippen molar-refractivity contribution < 1.29 is 35.4 Å². The van der Waals surface area contributed by atoms with E-state index in [9.17, 15) is 25.5 Å². The van der Waals surface area contributed by atoms with E-state index in [2.05, 4.69) is 0 Å². The second kappa shape index (κ2) is 6.05. The highest BCUT2D eigenvalue weighted by Gasteiger charge is 2.49. The minimum Gasteiger partial charge on any atom is -0.396 e. The van der Waals surface area contributed by atoms with E-state index in [1.807, 2.05) is 0 Å². The first-order valence-corrected chi connectivity index (χ1v) is 5.60. The van der Waals surface area contributed by atoms with E-state index in [4.69, 9.17) is 9.84 Å². The molecule has 1 aliphatic heterocycles. The van der Waals surface area contributed by atoms with Gasteiger partial charge in [-0.3, -0.25) is 0 Å². The van der Waals surface area contributed by atoms with Crippen molar-refractivity contribution in [2.75, 3.05) is 13.2 Å². The molecule has 0 bridgehead atoms. The summed E-state index contributed by atoms with van der Waals surface area (Å²) >= 11 is 0. The molecule has 1 fully saturated rings. The third kappa shape index (κ3) is 3.59. The fourth-order valence-electron chi connectivity index (χ4n) is 1.84. The Morgan fingerprint density at radius 2 is 1.94 bits per heavy atom. The van der Waals surface area contributed by atoms with Crippen LogP contribution in [0.15, 0.2) is 0 Å². The van der Waals surface area contributed by atoms with Crippen molar-refractivity contribution in [1.29, 1.82) is 0 Å². The number of rotatable bonds is 5. The standard InChI is InChI=1S/C10H20O7/c11-3-1-2-6(12)4-10(16)9(15)8(14)7(13)5-17-10/h6-9,11-16H,1-5H2/t6?,7-,8+,9-,10?/m1/s1. The Morgan fingerprint density at radius 3 is 2.53 bits per heavy atom. The lowest BCUT2D eigenvalue weighted by molar-refractivity contribution is -0.329. The van der Waals surface area contributed by atoms with Crippen LogP contribution in [-0.4, -0.2) is 74.1 Å². The van der Waals surface area contributed by atoms with Crippen LogP contribution in [0.25, 0.3) is 0 Å². The summed E-state index contributed by atoms with van der Waals surface area (Å²) < 4.78 is 4.88. The van der Waals surface area contributed by atoms with Crippen LogP contribution in [0.5, 0.6) is 0 Å². The summed E-state index contributed by atoms with van der Waals surface area (Å²) in [6.07, 6.45) is -5.12. The second-order valence-corrected chi connectivity index (χ2v) is 4.38. The molecule has 0 radical (unpaired) electrons. The van der Waals surface area contributed by atoms with Crippen LogP contribution in [0.2, 0.25) is 0 Å². The molecule has 7 heteroatoms. The summed E-state index contributed by atoms with van der Waals surface area (Å²) in [7, 11) is 0. The maximum Gasteiger partial charge on any atom is 0.197 e. The van der Waals surface area contributed by atoms with Gasteiger partial charge >= 0.3 is 0 Å². The average Bonchev–Trinajstić information content (AvgIpc) is 2.29. The molecule has 0 aromatic heterocycles. The van der Waals surface area contributed by atoms with E-state index in [0.29, 0.717) is 6.42 Å². The Kier molecular flexibility index (Phi) is 5.26. The normalized spacial score (nSPS) is 40.2. The van der Waals surface area contributed by atoms with Gasteiger partial charge in [0.15, 0.2) is 5.79 Å². The van der Waals surface area contributed by atoms with E-state index in [1.54, 1.807) is 0 Å². The first kappa shape index (κ1) is 14.8. The van der Waals surface area contributed by atoms with Crippen molar-refractivity contribution >= 4 is 0 Å². The lowest BCUT2D eigenvalue weighted by atomic mass is 9.91. The third-order valence-corrected chi connectivity index (χ3v) is 2.91. The topological polar surface area (TPSA) is 131 Å². The zero-order valence-electron chi connectivity index (χ0n) is 9.44. The van der Waals surface area contributed by atoms with Crippen LogP contribution in [0.1, 0.15) is 19.3 Å². The van der Waals surface area contributed by atoms with Gasteiger partial charge in [0.1, 0.15) is 18.3 Å². The minimum atomic E-state index is -2.08. The van der Waals surface area contributed by atoms with Crippen LogP contribution in [0.4, 0.5) is 0 Å². The highest BCUT2D eigenvalue weighted by molar-refractivity contribution is 4.92. The molecule has 2 unspecified atom stereocenters. The van der Waals surface area contributed by atoms with Gasteiger partial charge in [-0.15, -0.1) is 0 Å². The van der Waals surface area contributed by atoms with E-state index >= 15 is 0 Å². The van der Waals surface area contributed by atoms with E-state index in [1.165, 1.54) is 0 Å². The van der Waals surface area contributed by atoms with Gasteiger partial charge in [-0.2, -0.15) is 0 Å². The van der Waals surface area contributed by atoms with Crippen LogP contribution in [0, 0.1) is 0 Å². The van der Waals surface area contributed by atoms with Crippen molar-refractivity contribution in [1.82, 2.24) is 0 Å². The molecule has 0 aliphatic carbocycles. The summed E-state index contributed by atoms with van der Waals surface area (Å²) in [5, 5.41) is 56.3. The molecule has 0 aromatic carbocycles. The monoisotopic (exact) mass is 252 g/mol. The molecular formula is C10H20O7. The maximum atomic E-state index is 9.93. The number of aliphatic hydroxyl groups excluding tert-OH is 5. The van der Waals surface area contributed by atoms with Crippen LogP contribution in [-0.2, 0) is 4.74 Å². The molecule has 0 amide bonds. The molecule has 7 nitrogen and oxygen atoms in total. The van der Waals surface area contributed by atoms with Gasteiger partial charge in [0.25, 0.3) is 0 Å². The smallest absolute Gasteiger partial charge is 0.197 e. The van der Waals surface area contributed by atoms with Crippen molar-refractivity contribution in [2.24, 2.45) is 0 Å². The van der Waals surface area contributed by atoms with Crippen LogP contribution >= 0.6 is 0 Å². The van der Waals surface area contributed by atoms with Crippen molar-refractivity contribution in [2.45, 2.75) is 49.5 Å². The summed E-state index contributed by atoms with van der Waals surface area (Å²) in [5.74, 6) is -2.08. The summed E-state index contributed by atoms with van der Waals surface area (Å²) in [4.78, 5) is 0. The summed E-state index contributed by atoms with van der Waals surface area (Å²) in [6, 6.07) is 0. The molecule has 0 aromatic rings. The number of ether oxygens (including phenoxy) is 1. The quantitative estimate of drug-likeness (QED) is 0.314. The van der Waals surface area contributed by atoms with Gasteiger partial charge < -0.3 is 35.4 Å². The van der Waals surface area contributed by atoms with Gasteiger partial charge in [0.2, 0.25) is 0 Å². The molecule has 102 valence electrons. The maximum absolute atomic E-state index is 9.93. The summed E-state index contributed by atoms with van der Waals surface area (Å²) in [5.41, 5.74) is 0. The van der Waals surface area contributed by atoms with Gasteiger partial charge in [0.05, 0.1) is 12.7 Å². The van der Waals surface area contributed by atoms with Gasteiger partial charge in [-0.1, -0.05) is 0 Å². The predicted octanol–water partition coefficient (Wildman–Crippen LogP) is -2.69. The van der Waals surface area contributed by atoms with Gasteiger partial charge in [-0.25, -0.2) is 0 Å².